The molecule has 1 aromatic rings. The zero-order chi connectivity index (χ0) is 11.7. The number of nitrogens with zero attached hydrogens (tertiary/aromatic N) is 1. The molecule has 1 rings (SSSR count). The number of pyridine rings is 1. The molecular formula is C10H12Cl2LiNO. The number of unbranched alkanes of at least 4 members (excludes halogenated alkanes) is 1. The summed E-state index contributed by atoms with van der Waals surface area (Å²) in [6.45, 7) is 2.21. The van der Waals surface area contributed by atoms with E-state index in [1.54, 1.807) is 0 Å². The number of carbonyl (C=O) groups is 1. The number of carbonyl (C=O) groups excluding carboxylic acids is 1. The zero-order valence-electron chi connectivity index (χ0n) is 8.96. The van der Waals surface area contributed by atoms with Crippen molar-refractivity contribution in [3.8, 4) is 0 Å². The Labute approximate surface area is 110 Å². The van der Waals surface area contributed by atoms with E-state index in [0.29, 0.717) is 11.8 Å². The van der Waals surface area contributed by atoms with E-state index in [0.717, 1.165) is 0 Å². The molecule has 0 saturated heterocycles. The third-order valence-corrected chi connectivity index (χ3v) is 2.32. The van der Waals surface area contributed by atoms with Gasteiger partial charge in [0, 0.05) is 12.4 Å². The number of rotatable bonds is 3. The van der Waals surface area contributed by atoms with E-state index in [9.17, 15) is 4.79 Å². The fourth-order valence-electron chi connectivity index (χ4n) is 0.887. The van der Waals surface area contributed by atoms with E-state index in [-0.39, 0.29) is 10.0 Å². The maximum atomic E-state index is 10.3. The number of aromatic nitrogens is 1. The Balaban J connectivity index is 0.000000336. The van der Waals surface area contributed by atoms with E-state index < -0.39 is 0 Å². The molecule has 0 aliphatic carbocycles. The fraction of sp³-hybridized carbons (Fsp3) is 0.400. The van der Waals surface area contributed by atoms with Crippen molar-refractivity contribution in [2.45, 2.75) is 24.9 Å². The quantitative estimate of drug-likeness (QED) is 0.597. The predicted molar refractivity (Wildman–Crippen MR) is 65.1 cm³/mol. The Morgan fingerprint density at radius 1 is 1.40 bits per heavy atom. The molecule has 0 atom stereocenters. The van der Waals surface area contributed by atoms with E-state index in [1.807, 2.05) is 0 Å². The summed E-state index contributed by atoms with van der Waals surface area (Å²) in [7, 11) is 0. The minimum absolute atomic E-state index is 0.280. The summed E-state index contributed by atoms with van der Waals surface area (Å²) in [5, 5.41) is 1.90. The van der Waals surface area contributed by atoms with Crippen LogP contribution in [-0.4, -0.2) is 29.0 Å². The van der Waals surface area contributed by atoms with Crippen LogP contribution in [-0.2, 0) is 0 Å². The molecule has 0 aromatic carbocycles. The van der Waals surface area contributed by atoms with Gasteiger partial charge < -0.3 is 0 Å². The topological polar surface area (TPSA) is 30.0 Å². The van der Waals surface area contributed by atoms with Gasteiger partial charge in [-0.1, -0.05) is 23.2 Å². The van der Waals surface area contributed by atoms with E-state index >= 15 is 0 Å². The van der Waals surface area contributed by atoms with Crippen LogP contribution >= 0.6 is 23.2 Å². The first-order valence-electron chi connectivity index (χ1n) is 4.91. The molecule has 0 aliphatic heterocycles. The molecule has 1 aromatic heterocycles. The summed E-state index contributed by atoms with van der Waals surface area (Å²) in [4.78, 5) is 13.9. The van der Waals surface area contributed by atoms with Gasteiger partial charge in [0.05, 0.1) is 15.6 Å². The minimum atomic E-state index is 0.280. The average molecular weight is 240 g/mol. The summed E-state index contributed by atoms with van der Waals surface area (Å²) in [5.74, 6) is 0. The van der Waals surface area contributed by atoms with Crippen LogP contribution in [0.25, 0.3) is 0 Å². The Morgan fingerprint density at radius 3 is 2.13 bits per heavy atom. The van der Waals surface area contributed by atoms with Crippen molar-refractivity contribution in [1.29, 1.82) is 0 Å². The first-order valence-corrected chi connectivity index (χ1v) is 5.67. The molecule has 0 N–H and O–H groups in total. The summed E-state index contributed by atoms with van der Waals surface area (Å²) in [6.07, 6.45) is 6.08. The Bertz CT molecular complexity index is 285. The van der Waals surface area contributed by atoms with Gasteiger partial charge in [0.25, 0.3) is 0 Å². The number of aldehydes is 1. The van der Waals surface area contributed by atoms with Gasteiger partial charge in [0.2, 0.25) is 0 Å². The van der Waals surface area contributed by atoms with Gasteiger partial charge in [-0.2, -0.15) is 0 Å². The van der Waals surface area contributed by atoms with E-state index in [2.05, 4.69) is 29.6 Å². The van der Waals surface area contributed by atoms with Crippen LogP contribution in [0.3, 0.4) is 0 Å². The molecule has 78 valence electrons. The molecule has 5 heteroatoms. The number of halogens is 2. The van der Waals surface area contributed by atoms with Gasteiger partial charge in [-0.15, -0.1) is 0 Å². The predicted octanol–water partition coefficient (Wildman–Crippen LogP) is 3.57. The van der Waals surface area contributed by atoms with Crippen LogP contribution in [0, 0.1) is 0 Å². The Morgan fingerprint density at radius 2 is 1.93 bits per heavy atom. The molecular weight excluding hydrogens is 228 g/mol. The van der Waals surface area contributed by atoms with Crippen molar-refractivity contribution in [3.63, 3.8) is 0 Å². The maximum absolute atomic E-state index is 10.3. The van der Waals surface area contributed by atoms with Crippen LogP contribution < -0.4 is 0 Å². The van der Waals surface area contributed by atoms with Gasteiger partial charge in [-0.3, -0.25) is 9.78 Å². The molecule has 0 radical (unpaired) electrons. The number of hydrogen-bond donors (Lipinski definition) is 0. The average Bonchev–Trinajstić information content (AvgIpc) is 2.20. The second-order valence-electron chi connectivity index (χ2n) is 2.99. The molecule has 0 amide bonds. The van der Waals surface area contributed by atoms with Crippen molar-refractivity contribution in [3.05, 3.63) is 28.0 Å². The third kappa shape index (κ3) is 6.22. The Hall–Kier alpha value is -0.00260. The molecule has 0 saturated carbocycles. The standard InChI is InChI=1S/C6H3Cl2NO.C4H9.Li/c7-5-1-9-2-6(8)4(5)3-10;1-3-4-2;/h1-3H;1,3-4H2,2H3;. The van der Waals surface area contributed by atoms with Crippen LogP contribution in [0.2, 0.25) is 15.1 Å². The van der Waals surface area contributed by atoms with Crippen molar-refractivity contribution < 1.29 is 4.79 Å². The summed E-state index contributed by atoms with van der Waals surface area (Å²) < 4.78 is 0. The first kappa shape index (κ1) is 15.0. The van der Waals surface area contributed by atoms with E-state index in [4.69, 9.17) is 23.2 Å². The van der Waals surface area contributed by atoms with Crippen molar-refractivity contribution >= 4 is 47.2 Å². The fourth-order valence-corrected chi connectivity index (χ4v) is 1.34. The summed E-state index contributed by atoms with van der Waals surface area (Å²) in [6, 6.07) is 0. The first-order chi connectivity index (χ1) is 7.17. The second-order valence-corrected chi connectivity index (χ2v) is 3.80. The third-order valence-electron chi connectivity index (χ3n) is 1.72. The monoisotopic (exact) mass is 239 g/mol. The molecule has 0 bridgehead atoms. The SMILES string of the molecule is O=Cc1c(Cl)cncc1Cl.[Li][CH2]CCC. The van der Waals surface area contributed by atoms with Crippen LogP contribution in [0.15, 0.2) is 12.4 Å². The van der Waals surface area contributed by atoms with Gasteiger partial charge in [0.1, 0.15) is 0 Å². The van der Waals surface area contributed by atoms with Gasteiger partial charge in [-0.25, -0.2) is 0 Å². The summed E-state index contributed by atoms with van der Waals surface area (Å²) >= 11 is 13.3. The normalized spacial score (nSPS) is 9.13. The van der Waals surface area contributed by atoms with Crippen LogP contribution in [0.4, 0.5) is 0 Å². The van der Waals surface area contributed by atoms with Crippen molar-refractivity contribution in [2.75, 3.05) is 0 Å². The summed E-state index contributed by atoms with van der Waals surface area (Å²) in [5.41, 5.74) is 0.290. The second kappa shape index (κ2) is 9.24. The molecule has 15 heavy (non-hydrogen) atoms. The molecule has 1 heterocycles. The van der Waals surface area contributed by atoms with Crippen LogP contribution in [0.5, 0.6) is 0 Å². The van der Waals surface area contributed by atoms with E-state index in [1.165, 1.54) is 30.3 Å². The number of hydrogen-bond acceptors (Lipinski definition) is 2. The van der Waals surface area contributed by atoms with Gasteiger partial charge in [-0.05, 0) is 0 Å². The van der Waals surface area contributed by atoms with Crippen molar-refractivity contribution in [1.82, 2.24) is 4.98 Å². The molecule has 0 spiro atoms. The van der Waals surface area contributed by atoms with Crippen LogP contribution in [0.1, 0.15) is 30.1 Å². The molecule has 0 fully saturated rings. The van der Waals surface area contributed by atoms with Gasteiger partial charge >= 0.3 is 42.6 Å². The molecule has 0 aliphatic rings. The molecule has 0 unspecified atom stereocenters. The zero-order valence-corrected chi connectivity index (χ0v) is 10.5. The molecule has 2 nitrogen and oxygen atoms in total. The Kier molecular flexibility index (Phi) is 9.24. The van der Waals surface area contributed by atoms with Crippen molar-refractivity contribution in [2.24, 2.45) is 0 Å². The van der Waals surface area contributed by atoms with Gasteiger partial charge in [0.15, 0.2) is 6.29 Å².